The summed E-state index contributed by atoms with van der Waals surface area (Å²) in [7, 11) is 0. The summed E-state index contributed by atoms with van der Waals surface area (Å²) in [4.78, 5) is 18.2. The predicted molar refractivity (Wildman–Crippen MR) is 104 cm³/mol. The number of pyridine rings is 4. The Hall–Kier alpha value is -3.66. The molecule has 0 fully saturated rings. The van der Waals surface area contributed by atoms with Crippen molar-refractivity contribution >= 4 is 22.1 Å². The van der Waals surface area contributed by atoms with Crippen LogP contribution in [0.3, 0.4) is 0 Å². The van der Waals surface area contributed by atoms with Crippen LogP contribution in [-0.2, 0) is 0 Å². The first kappa shape index (κ1) is 14.7. The van der Waals surface area contributed by atoms with E-state index in [0.29, 0.717) is 0 Å². The zero-order valence-electron chi connectivity index (χ0n) is 13.9. The third-order valence-electron chi connectivity index (χ3n) is 4.37. The van der Waals surface area contributed by atoms with Crippen molar-refractivity contribution in [2.75, 3.05) is 0 Å². The highest BCUT2D eigenvalue weighted by molar-refractivity contribution is 5.84. The van der Waals surface area contributed by atoms with Crippen LogP contribution in [0.1, 0.15) is 0 Å². The summed E-state index contributed by atoms with van der Waals surface area (Å²) in [6, 6.07) is 24.2. The molecule has 4 heteroatoms. The van der Waals surface area contributed by atoms with E-state index >= 15 is 0 Å². The largest absolute Gasteiger partial charge is 0.237 e. The third kappa shape index (κ3) is 2.58. The smallest absolute Gasteiger partial charge is 0.159 e. The van der Waals surface area contributed by atoms with Gasteiger partial charge >= 0.3 is 0 Å². The lowest BCUT2D eigenvalue weighted by molar-refractivity contribution is 1.26. The summed E-state index contributed by atoms with van der Waals surface area (Å²) < 4.78 is 0. The van der Waals surface area contributed by atoms with E-state index in [0.717, 1.165) is 44.6 Å². The molecule has 0 saturated heterocycles. The number of benzene rings is 1. The summed E-state index contributed by atoms with van der Waals surface area (Å²) in [5.74, 6) is 0. The van der Waals surface area contributed by atoms with Crippen LogP contribution in [0.5, 0.6) is 0 Å². The van der Waals surface area contributed by atoms with Crippen LogP contribution in [0.25, 0.3) is 44.6 Å². The van der Waals surface area contributed by atoms with E-state index < -0.39 is 0 Å². The summed E-state index contributed by atoms with van der Waals surface area (Å²) in [5.41, 5.74) is 5.29. The van der Waals surface area contributed by atoms with E-state index in [1.807, 2.05) is 54.7 Å². The average molecular weight is 334 g/mol. The average Bonchev–Trinajstić information content (AvgIpc) is 2.73. The highest BCUT2D eigenvalue weighted by atomic mass is 14.9. The van der Waals surface area contributed by atoms with Crippen molar-refractivity contribution in [2.24, 2.45) is 0 Å². The minimum Gasteiger partial charge on any atom is -0.237 e. The van der Waals surface area contributed by atoms with Crippen LogP contribution in [0.15, 0.2) is 85.2 Å². The first-order valence-corrected chi connectivity index (χ1v) is 8.41. The van der Waals surface area contributed by atoms with Crippen LogP contribution in [0.4, 0.5) is 0 Å². The van der Waals surface area contributed by atoms with Crippen molar-refractivity contribution in [2.45, 2.75) is 0 Å². The lowest BCUT2D eigenvalue weighted by Crippen LogP contribution is -1.91. The Kier molecular flexibility index (Phi) is 3.39. The monoisotopic (exact) mass is 334 g/mol. The maximum Gasteiger partial charge on any atom is 0.159 e. The normalized spacial score (nSPS) is 11.1. The fourth-order valence-electron chi connectivity index (χ4n) is 3.03. The molecule has 4 aromatic heterocycles. The van der Waals surface area contributed by atoms with E-state index in [-0.39, 0.29) is 0 Å². The Labute approximate surface area is 150 Å². The van der Waals surface area contributed by atoms with Gasteiger partial charge in [0.1, 0.15) is 0 Å². The summed E-state index contributed by atoms with van der Waals surface area (Å²) >= 11 is 0. The van der Waals surface area contributed by atoms with Crippen LogP contribution < -0.4 is 0 Å². The fourth-order valence-corrected chi connectivity index (χ4v) is 3.03. The van der Waals surface area contributed by atoms with Gasteiger partial charge in [-0.05, 0) is 42.5 Å². The lowest BCUT2D eigenvalue weighted by atomic mass is 10.1. The molecule has 4 nitrogen and oxygen atoms in total. The zero-order valence-corrected chi connectivity index (χ0v) is 13.9. The van der Waals surface area contributed by atoms with Crippen LogP contribution >= 0.6 is 0 Å². The summed E-state index contributed by atoms with van der Waals surface area (Å²) in [6.07, 6.45) is 3.58. The molecule has 0 unspecified atom stereocenters. The molecular weight excluding hydrogens is 320 g/mol. The van der Waals surface area contributed by atoms with Gasteiger partial charge in [0.2, 0.25) is 0 Å². The molecule has 5 aromatic rings. The number of rotatable bonds is 2. The lowest BCUT2D eigenvalue weighted by Gasteiger charge is -2.06. The van der Waals surface area contributed by atoms with Crippen LogP contribution in [0.2, 0.25) is 0 Å². The first-order valence-electron chi connectivity index (χ1n) is 8.41. The Morgan fingerprint density at radius 2 is 1.27 bits per heavy atom. The van der Waals surface area contributed by atoms with Crippen molar-refractivity contribution in [3.63, 3.8) is 0 Å². The molecule has 122 valence electrons. The summed E-state index contributed by atoms with van der Waals surface area (Å²) in [6.45, 7) is 0. The van der Waals surface area contributed by atoms with Gasteiger partial charge in [-0.25, -0.2) is 19.9 Å². The van der Waals surface area contributed by atoms with E-state index in [2.05, 4.69) is 44.2 Å². The second kappa shape index (κ2) is 6.01. The van der Waals surface area contributed by atoms with Crippen molar-refractivity contribution in [1.82, 2.24) is 19.9 Å². The van der Waals surface area contributed by atoms with Crippen molar-refractivity contribution in [1.29, 1.82) is 0 Å². The SMILES string of the molecule is c1ccc(-c2ccc3cc(-c4ccc5cccnc5n4)cnc3n2)cc1. The molecule has 26 heavy (non-hydrogen) atoms. The molecule has 0 N–H and O–H groups in total. The van der Waals surface area contributed by atoms with E-state index in [1.54, 1.807) is 6.20 Å². The molecule has 0 radical (unpaired) electrons. The minimum atomic E-state index is 0.731. The van der Waals surface area contributed by atoms with Gasteiger partial charge < -0.3 is 0 Å². The van der Waals surface area contributed by atoms with E-state index in [1.165, 1.54) is 0 Å². The second-order valence-corrected chi connectivity index (χ2v) is 6.08. The maximum atomic E-state index is 4.69. The highest BCUT2D eigenvalue weighted by Crippen LogP contribution is 2.24. The molecular formula is C22H14N4. The van der Waals surface area contributed by atoms with E-state index in [9.17, 15) is 0 Å². The second-order valence-electron chi connectivity index (χ2n) is 6.08. The Morgan fingerprint density at radius 1 is 0.538 bits per heavy atom. The van der Waals surface area contributed by atoms with Gasteiger partial charge in [-0.2, -0.15) is 0 Å². The first-order chi connectivity index (χ1) is 12.9. The van der Waals surface area contributed by atoms with Gasteiger partial charge in [0, 0.05) is 34.3 Å². The standard InChI is InChI=1S/C22H14N4/c1-2-5-15(6-3-1)19-11-9-17-13-18(14-24-22(17)25-19)20-10-8-16-7-4-12-23-21(16)26-20/h1-14H. The van der Waals surface area contributed by atoms with Crippen molar-refractivity contribution < 1.29 is 0 Å². The quantitative estimate of drug-likeness (QED) is 0.460. The van der Waals surface area contributed by atoms with Gasteiger partial charge in [0.15, 0.2) is 11.3 Å². The van der Waals surface area contributed by atoms with Crippen LogP contribution in [-0.4, -0.2) is 19.9 Å². The third-order valence-corrected chi connectivity index (χ3v) is 4.37. The zero-order chi connectivity index (χ0) is 17.3. The van der Waals surface area contributed by atoms with Crippen molar-refractivity contribution in [3.8, 4) is 22.5 Å². The van der Waals surface area contributed by atoms with E-state index in [4.69, 9.17) is 0 Å². The number of nitrogens with zero attached hydrogens (tertiary/aromatic N) is 4. The topological polar surface area (TPSA) is 51.6 Å². The molecule has 0 amide bonds. The fraction of sp³-hybridized carbons (Fsp3) is 0. The number of fused-ring (bicyclic) bond motifs is 2. The molecule has 0 aliphatic carbocycles. The molecule has 5 rings (SSSR count). The van der Waals surface area contributed by atoms with Gasteiger partial charge in [-0.15, -0.1) is 0 Å². The molecule has 4 heterocycles. The molecule has 0 aliphatic heterocycles. The summed E-state index contributed by atoms with van der Waals surface area (Å²) in [5, 5.41) is 2.02. The number of hydrogen-bond acceptors (Lipinski definition) is 4. The van der Waals surface area contributed by atoms with Crippen LogP contribution in [0, 0.1) is 0 Å². The molecule has 1 aromatic carbocycles. The molecule has 0 saturated carbocycles. The molecule has 0 atom stereocenters. The van der Waals surface area contributed by atoms with Gasteiger partial charge in [-0.3, -0.25) is 0 Å². The predicted octanol–water partition coefficient (Wildman–Crippen LogP) is 4.91. The minimum absolute atomic E-state index is 0.731. The highest BCUT2D eigenvalue weighted by Gasteiger charge is 2.06. The maximum absolute atomic E-state index is 4.69. The Balaban J connectivity index is 1.59. The van der Waals surface area contributed by atoms with Gasteiger partial charge in [0.25, 0.3) is 0 Å². The molecule has 0 bridgehead atoms. The van der Waals surface area contributed by atoms with Crippen molar-refractivity contribution in [3.05, 3.63) is 85.2 Å². The van der Waals surface area contributed by atoms with Gasteiger partial charge in [0.05, 0.1) is 11.4 Å². The number of hydrogen-bond donors (Lipinski definition) is 0. The Bertz CT molecular complexity index is 1230. The van der Waals surface area contributed by atoms with Gasteiger partial charge in [-0.1, -0.05) is 30.3 Å². The number of aromatic nitrogens is 4. The molecule has 0 spiro atoms. The Morgan fingerprint density at radius 3 is 2.12 bits per heavy atom. The molecule has 0 aliphatic rings.